The molecule has 2 aliphatic rings. The van der Waals surface area contributed by atoms with Gasteiger partial charge in [0, 0.05) is 12.0 Å². The van der Waals surface area contributed by atoms with E-state index in [9.17, 15) is 0 Å². The lowest BCUT2D eigenvalue weighted by atomic mass is 10.0. The second-order valence-electron chi connectivity index (χ2n) is 4.19. The van der Waals surface area contributed by atoms with E-state index in [1.165, 1.54) is 22.3 Å². The van der Waals surface area contributed by atoms with Crippen molar-refractivity contribution in [3.05, 3.63) is 59.0 Å². The van der Waals surface area contributed by atoms with Gasteiger partial charge in [0.25, 0.3) is 0 Å². The Balaban J connectivity index is 1.99. The molecule has 0 aliphatic carbocycles. The van der Waals surface area contributed by atoms with Crippen LogP contribution >= 0.6 is 0 Å². The molecule has 2 aromatic rings. The number of hydrogen-bond donors (Lipinski definition) is 0. The lowest BCUT2D eigenvalue weighted by Crippen LogP contribution is -2.10. The lowest BCUT2D eigenvalue weighted by Gasteiger charge is -2.20. The van der Waals surface area contributed by atoms with Gasteiger partial charge in [0.15, 0.2) is 0 Å². The summed E-state index contributed by atoms with van der Waals surface area (Å²) in [6.45, 7) is 0. The van der Waals surface area contributed by atoms with Gasteiger partial charge in [-0.2, -0.15) is 0 Å². The van der Waals surface area contributed by atoms with Gasteiger partial charge in [-0.15, -0.1) is 0 Å². The van der Waals surface area contributed by atoms with E-state index in [2.05, 4.69) is 24.3 Å². The molecule has 0 amide bonds. The van der Waals surface area contributed by atoms with Crippen molar-refractivity contribution in [2.45, 2.75) is 18.6 Å². The summed E-state index contributed by atoms with van der Waals surface area (Å²) in [5.41, 5.74) is 5.16. The van der Waals surface area contributed by atoms with E-state index >= 15 is 0 Å². The van der Waals surface area contributed by atoms with Crippen LogP contribution in [-0.2, 0) is 11.2 Å². The first-order valence-corrected chi connectivity index (χ1v) is 5.23. The Morgan fingerprint density at radius 3 is 2.80 bits per heavy atom. The summed E-state index contributed by atoms with van der Waals surface area (Å²) in [6.07, 6.45) is 4.95. The zero-order valence-corrected chi connectivity index (χ0v) is 8.14. The van der Waals surface area contributed by atoms with Crippen LogP contribution in [0.3, 0.4) is 0 Å². The van der Waals surface area contributed by atoms with E-state index in [1.54, 1.807) is 0 Å². The Hall–Kier alpha value is -1.54. The van der Waals surface area contributed by atoms with Crippen LogP contribution in [0, 0.1) is 0 Å². The van der Waals surface area contributed by atoms with Crippen LogP contribution in [0.15, 0.2) is 41.2 Å². The zero-order valence-electron chi connectivity index (χ0n) is 8.14. The first-order valence-electron chi connectivity index (χ1n) is 5.23. The average molecular weight is 198 g/mol. The number of ether oxygens (including phenoxy) is 1. The normalized spacial score (nSPS) is 26.1. The van der Waals surface area contributed by atoms with Gasteiger partial charge >= 0.3 is 0 Å². The fraction of sp³-hybridized carbons (Fsp3) is 0.231. The van der Waals surface area contributed by atoms with Crippen LogP contribution in [0.2, 0.25) is 0 Å². The summed E-state index contributed by atoms with van der Waals surface area (Å²) in [6, 6.07) is 8.48. The molecule has 15 heavy (non-hydrogen) atoms. The third-order valence-electron chi connectivity index (χ3n) is 3.39. The monoisotopic (exact) mass is 198 g/mol. The molecule has 4 rings (SSSR count). The highest BCUT2D eigenvalue weighted by atomic mass is 16.5. The third-order valence-corrected chi connectivity index (χ3v) is 3.39. The molecular formula is C13H10O2. The highest BCUT2D eigenvalue weighted by Gasteiger charge is 2.39. The van der Waals surface area contributed by atoms with Gasteiger partial charge in [-0.05, 0) is 16.7 Å². The minimum absolute atomic E-state index is 0.105. The van der Waals surface area contributed by atoms with Crippen molar-refractivity contribution in [2.24, 2.45) is 0 Å². The quantitative estimate of drug-likeness (QED) is 0.649. The minimum atomic E-state index is 0.105. The molecule has 0 radical (unpaired) electrons. The molecular weight excluding hydrogens is 188 g/mol. The molecule has 2 atom stereocenters. The van der Waals surface area contributed by atoms with Gasteiger partial charge in [0.05, 0.1) is 18.6 Å². The van der Waals surface area contributed by atoms with Gasteiger partial charge in [0.1, 0.15) is 6.10 Å². The zero-order chi connectivity index (χ0) is 9.83. The molecule has 2 nitrogen and oxygen atoms in total. The largest absolute Gasteiger partial charge is 0.472 e. The molecule has 1 aromatic heterocycles. The summed E-state index contributed by atoms with van der Waals surface area (Å²) in [5, 5.41) is 0. The van der Waals surface area contributed by atoms with Crippen LogP contribution in [0.5, 0.6) is 0 Å². The average Bonchev–Trinajstić information content (AvgIpc) is 2.85. The van der Waals surface area contributed by atoms with Crippen molar-refractivity contribution in [3.63, 3.8) is 0 Å². The van der Waals surface area contributed by atoms with E-state index < -0.39 is 0 Å². The first-order chi connectivity index (χ1) is 7.43. The van der Waals surface area contributed by atoms with Crippen LogP contribution < -0.4 is 0 Å². The Kier molecular flexibility index (Phi) is 1.30. The molecule has 0 spiro atoms. The van der Waals surface area contributed by atoms with Gasteiger partial charge in [-0.1, -0.05) is 24.3 Å². The Morgan fingerprint density at radius 1 is 1.00 bits per heavy atom. The molecule has 2 bridgehead atoms. The number of rotatable bonds is 0. The van der Waals surface area contributed by atoms with Crippen molar-refractivity contribution < 1.29 is 9.15 Å². The van der Waals surface area contributed by atoms with Gasteiger partial charge in [0.2, 0.25) is 0 Å². The van der Waals surface area contributed by atoms with Crippen molar-refractivity contribution in [1.29, 1.82) is 0 Å². The molecule has 0 saturated heterocycles. The number of furan rings is 1. The second kappa shape index (κ2) is 2.52. The van der Waals surface area contributed by atoms with Crippen LogP contribution in [0.1, 0.15) is 34.5 Å². The lowest BCUT2D eigenvalue weighted by molar-refractivity contribution is 0.0217. The molecule has 74 valence electrons. The summed E-state index contributed by atoms with van der Waals surface area (Å²) in [7, 11) is 0. The van der Waals surface area contributed by atoms with Gasteiger partial charge < -0.3 is 9.15 Å². The highest BCUT2D eigenvalue weighted by molar-refractivity contribution is 5.46. The van der Waals surface area contributed by atoms with E-state index in [1.807, 2.05) is 12.5 Å². The molecule has 3 heterocycles. The smallest absolute Gasteiger partial charge is 0.112 e. The van der Waals surface area contributed by atoms with E-state index in [0.29, 0.717) is 0 Å². The predicted molar refractivity (Wildman–Crippen MR) is 54.5 cm³/mol. The number of benzene rings is 1. The Morgan fingerprint density at radius 2 is 1.87 bits per heavy atom. The summed E-state index contributed by atoms with van der Waals surface area (Å²) in [5.74, 6) is 0. The summed E-state index contributed by atoms with van der Waals surface area (Å²) in [4.78, 5) is 0. The minimum Gasteiger partial charge on any atom is -0.472 e. The SMILES string of the molecule is c1ccc2c(c1)C1Cc3cocc3C2O1. The molecule has 0 saturated carbocycles. The molecule has 2 unspecified atom stereocenters. The van der Waals surface area contributed by atoms with Crippen LogP contribution in [0.4, 0.5) is 0 Å². The topological polar surface area (TPSA) is 22.4 Å². The van der Waals surface area contributed by atoms with Gasteiger partial charge in [-0.25, -0.2) is 0 Å². The van der Waals surface area contributed by atoms with Crippen molar-refractivity contribution >= 4 is 0 Å². The maximum absolute atomic E-state index is 5.99. The van der Waals surface area contributed by atoms with Crippen molar-refractivity contribution in [1.82, 2.24) is 0 Å². The standard InChI is InChI=1S/C13H10O2/c1-2-4-10-9(3-1)12-5-8-6-14-7-11(8)13(10)15-12/h1-4,6-7,12-13H,5H2. The number of fused-ring (bicyclic) bond motifs is 7. The maximum Gasteiger partial charge on any atom is 0.112 e. The molecule has 0 N–H and O–H groups in total. The predicted octanol–water partition coefficient (Wildman–Crippen LogP) is 3.00. The molecule has 0 fully saturated rings. The third kappa shape index (κ3) is 0.876. The summed E-state index contributed by atoms with van der Waals surface area (Å²) < 4.78 is 11.2. The molecule has 1 aromatic carbocycles. The molecule has 2 heteroatoms. The van der Waals surface area contributed by atoms with Gasteiger partial charge in [-0.3, -0.25) is 0 Å². The van der Waals surface area contributed by atoms with E-state index in [0.717, 1.165) is 6.42 Å². The number of hydrogen-bond acceptors (Lipinski definition) is 2. The fourth-order valence-corrected chi connectivity index (χ4v) is 2.68. The Labute approximate surface area is 87.5 Å². The maximum atomic E-state index is 5.99. The van der Waals surface area contributed by atoms with Crippen molar-refractivity contribution in [3.8, 4) is 0 Å². The van der Waals surface area contributed by atoms with E-state index in [-0.39, 0.29) is 12.2 Å². The summed E-state index contributed by atoms with van der Waals surface area (Å²) >= 11 is 0. The molecule has 2 aliphatic heterocycles. The van der Waals surface area contributed by atoms with E-state index in [4.69, 9.17) is 9.15 Å². The highest BCUT2D eigenvalue weighted by Crippen LogP contribution is 2.49. The second-order valence-corrected chi connectivity index (χ2v) is 4.19. The fourth-order valence-electron chi connectivity index (χ4n) is 2.68. The van der Waals surface area contributed by atoms with Crippen molar-refractivity contribution in [2.75, 3.05) is 0 Å². The van der Waals surface area contributed by atoms with Crippen LogP contribution in [0.25, 0.3) is 0 Å². The first kappa shape index (κ1) is 7.71. The van der Waals surface area contributed by atoms with Crippen LogP contribution in [-0.4, -0.2) is 0 Å². The Bertz CT molecular complexity index is 527.